The van der Waals surface area contributed by atoms with Crippen LogP contribution >= 0.6 is 0 Å². The molecule has 3 heterocycles. The fourth-order valence-electron chi connectivity index (χ4n) is 4.20. The average Bonchev–Trinajstić information content (AvgIpc) is 3.18. The van der Waals surface area contributed by atoms with Crippen molar-refractivity contribution in [2.45, 2.75) is 20.0 Å². The van der Waals surface area contributed by atoms with E-state index in [4.69, 9.17) is 0 Å². The molecule has 0 saturated heterocycles. The van der Waals surface area contributed by atoms with E-state index < -0.39 is 0 Å². The van der Waals surface area contributed by atoms with Crippen LogP contribution in [0.15, 0.2) is 55.0 Å². The van der Waals surface area contributed by atoms with Gasteiger partial charge in [-0.1, -0.05) is 18.2 Å². The number of hydrogen-bond donors (Lipinski definition) is 1. The molecule has 0 saturated carbocycles. The van der Waals surface area contributed by atoms with Crippen molar-refractivity contribution < 1.29 is 9.59 Å². The molecule has 0 spiro atoms. The first kappa shape index (κ1) is 17.4. The van der Waals surface area contributed by atoms with Gasteiger partial charge in [0.1, 0.15) is 6.54 Å². The van der Waals surface area contributed by atoms with Gasteiger partial charge in [-0.25, -0.2) is 0 Å². The van der Waals surface area contributed by atoms with Crippen molar-refractivity contribution in [2.75, 3.05) is 11.9 Å². The summed E-state index contributed by atoms with van der Waals surface area (Å²) in [5.74, 6) is -0.0497. The topological polar surface area (TPSA) is 67.2 Å². The summed E-state index contributed by atoms with van der Waals surface area (Å²) in [6, 6.07) is 11.6. The summed E-state index contributed by atoms with van der Waals surface area (Å²) in [7, 11) is 1.79. The van der Waals surface area contributed by atoms with Crippen molar-refractivity contribution in [1.82, 2.24) is 14.9 Å². The van der Waals surface area contributed by atoms with Crippen LogP contribution in [0.5, 0.6) is 0 Å². The molecule has 144 valence electrons. The van der Waals surface area contributed by atoms with Crippen LogP contribution in [-0.2, 0) is 17.9 Å². The number of aromatic nitrogens is 2. The van der Waals surface area contributed by atoms with E-state index in [1.165, 1.54) is 0 Å². The number of aryl methyl sites for hydroxylation is 1. The number of anilines is 1. The van der Waals surface area contributed by atoms with E-state index in [2.05, 4.69) is 10.3 Å². The molecule has 0 aliphatic carbocycles. The second-order valence-corrected chi connectivity index (χ2v) is 7.45. The lowest BCUT2D eigenvalue weighted by Crippen LogP contribution is -2.27. The molecule has 4 aromatic rings. The number of carbonyl (C=O) groups is 2. The molecule has 0 atom stereocenters. The van der Waals surface area contributed by atoms with Gasteiger partial charge in [-0.3, -0.25) is 14.6 Å². The number of nitrogens with one attached hydrogen (secondary N) is 1. The highest BCUT2D eigenvalue weighted by molar-refractivity contribution is 6.25. The first-order valence-electron chi connectivity index (χ1n) is 9.53. The monoisotopic (exact) mass is 384 g/mol. The van der Waals surface area contributed by atoms with E-state index in [-0.39, 0.29) is 18.4 Å². The lowest BCUT2D eigenvalue weighted by Gasteiger charge is -2.13. The Bertz CT molecular complexity index is 1310. The largest absolute Gasteiger partial charge is 0.350 e. The van der Waals surface area contributed by atoms with Crippen molar-refractivity contribution in [1.29, 1.82) is 0 Å². The molecule has 2 amide bonds. The SMILES string of the molecule is Cc1cn(CC(=O)NCc2ccc3c4c(cccc24)C(=O)N3C)c2ccncc12. The van der Waals surface area contributed by atoms with Gasteiger partial charge in [0.25, 0.3) is 5.91 Å². The Kier molecular flexibility index (Phi) is 3.87. The summed E-state index contributed by atoms with van der Waals surface area (Å²) in [5.41, 5.74) is 4.73. The lowest BCUT2D eigenvalue weighted by molar-refractivity contribution is -0.121. The summed E-state index contributed by atoms with van der Waals surface area (Å²) < 4.78 is 1.95. The van der Waals surface area contributed by atoms with E-state index in [1.807, 2.05) is 60.3 Å². The molecule has 6 heteroatoms. The van der Waals surface area contributed by atoms with Crippen molar-refractivity contribution in [3.63, 3.8) is 0 Å². The first-order chi connectivity index (χ1) is 14.0. The molecular weight excluding hydrogens is 364 g/mol. The average molecular weight is 384 g/mol. The van der Waals surface area contributed by atoms with Crippen molar-refractivity contribution >= 4 is 39.2 Å². The van der Waals surface area contributed by atoms with E-state index in [0.717, 1.165) is 44.1 Å². The minimum atomic E-state index is -0.0600. The highest BCUT2D eigenvalue weighted by Crippen LogP contribution is 2.37. The number of nitrogens with zero attached hydrogens (tertiary/aromatic N) is 3. The van der Waals surface area contributed by atoms with Crippen LogP contribution < -0.4 is 10.2 Å². The zero-order valence-electron chi connectivity index (χ0n) is 16.3. The summed E-state index contributed by atoms with van der Waals surface area (Å²) in [6.45, 7) is 2.68. The Morgan fingerprint density at radius 3 is 2.86 bits per heavy atom. The number of fused-ring (bicyclic) bond motifs is 1. The third-order valence-corrected chi connectivity index (χ3v) is 5.68. The Balaban J connectivity index is 1.39. The maximum atomic E-state index is 12.6. The van der Waals surface area contributed by atoms with E-state index in [9.17, 15) is 9.59 Å². The number of hydrogen-bond acceptors (Lipinski definition) is 3. The molecule has 29 heavy (non-hydrogen) atoms. The second-order valence-electron chi connectivity index (χ2n) is 7.45. The van der Waals surface area contributed by atoms with Gasteiger partial charge in [0, 0.05) is 48.5 Å². The summed E-state index contributed by atoms with van der Waals surface area (Å²) >= 11 is 0. The number of carbonyl (C=O) groups excluding carboxylic acids is 2. The van der Waals surface area contributed by atoms with Gasteiger partial charge in [0.05, 0.1) is 11.2 Å². The molecule has 1 N–H and O–H groups in total. The van der Waals surface area contributed by atoms with Crippen LogP contribution in [0.3, 0.4) is 0 Å². The van der Waals surface area contributed by atoms with Crippen LogP contribution in [0, 0.1) is 6.92 Å². The van der Waals surface area contributed by atoms with Crippen LogP contribution in [0.1, 0.15) is 21.5 Å². The lowest BCUT2D eigenvalue weighted by atomic mass is 10.0. The van der Waals surface area contributed by atoms with Crippen molar-refractivity contribution in [2.24, 2.45) is 0 Å². The van der Waals surface area contributed by atoms with E-state index in [1.54, 1.807) is 18.1 Å². The number of rotatable bonds is 4. The highest BCUT2D eigenvalue weighted by Gasteiger charge is 2.27. The molecule has 6 nitrogen and oxygen atoms in total. The molecule has 1 aliphatic rings. The summed E-state index contributed by atoms with van der Waals surface area (Å²) in [5, 5.41) is 6.05. The maximum Gasteiger partial charge on any atom is 0.258 e. The molecule has 1 aliphatic heterocycles. The summed E-state index contributed by atoms with van der Waals surface area (Å²) in [4.78, 5) is 30.9. The molecule has 0 unspecified atom stereocenters. The van der Waals surface area contributed by atoms with Crippen LogP contribution in [0.25, 0.3) is 21.7 Å². The predicted molar refractivity (Wildman–Crippen MR) is 113 cm³/mol. The van der Waals surface area contributed by atoms with Crippen LogP contribution in [-0.4, -0.2) is 28.4 Å². The van der Waals surface area contributed by atoms with Crippen LogP contribution in [0.2, 0.25) is 0 Å². The van der Waals surface area contributed by atoms with Crippen LogP contribution in [0.4, 0.5) is 5.69 Å². The molecule has 5 rings (SSSR count). The fraction of sp³-hybridized carbons (Fsp3) is 0.174. The zero-order chi connectivity index (χ0) is 20.1. The number of amides is 2. The molecule has 2 aromatic heterocycles. The molecule has 0 fully saturated rings. The van der Waals surface area contributed by atoms with E-state index >= 15 is 0 Å². The van der Waals surface area contributed by atoms with Crippen molar-refractivity contribution in [3.8, 4) is 0 Å². The Labute approximate surface area is 167 Å². The van der Waals surface area contributed by atoms with E-state index in [0.29, 0.717) is 6.54 Å². The minimum absolute atomic E-state index is 0.0103. The number of benzene rings is 2. The minimum Gasteiger partial charge on any atom is -0.350 e. The van der Waals surface area contributed by atoms with Gasteiger partial charge < -0.3 is 14.8 Å². The zero-order valence-corrected chi connectivity index (χ0v) is 16.3. The highest BCUT2D eigenvalue weighted by atomic mass is 16.2. The van der Waals surface area contributed by atoms with Gasteiger partial charge in [-0.05, 0) is 41.6 Å². The Morgan fingerprint density at radius 1 is 1.14 bits per heavy atom. The molecule has 0 bridgehead atoms. The predicted octanol–water partition coefficient (Wildman–Crippen LogP) is 3.40. The molecule has 0 radical (unpaired) electrons. The molecular formula is C23H20N4O2. The smallest absolute Gasteiger partial charge is 0.258 e. The van der Waals surface area contributed by atoms with Gasteiger partial charge in [-0.15, -0.1) is 0 Å². The standard InChI is InChI=1S/C23H20N4O2/c1-14-12-27(19-8-9-24-11-18(14)19)13-21(28)25-10-15-6-7-20-22-16(15)4-3-5-17(22)23(29)26(20)2/h3-9,11-12H,10,13H2,1-2H3,(H,25,28). The van der Waals surface area contributed by atoms with Gasteiger partial charge in [0.2, 0.25) is 5.91 Å². The normalized spacial score (nSPS) is 12.9. The van der Waals surface area contributed by atoms with Gasteiger partial charge in [-0.2, -0.15) is 0 Å². The fourth-order valence-corrected chi connectivity index (χ4v) is 4.20. The second kappa shape index (κ2) is 6.44. The third-order valence-electron chi connectivity index (χ3n) is 5.68. The first-order valence-corrected chi connectivity index (χ1v) is 9.53. The van der Waals surface area contributed by atoms with Gasteiger partial charge >= 0.3 is 0 Å². The quantitative estimate of drug-likeness (QED) is 0.586. The third kappa shape index (κ3) is 2.68. The van der Waals surface area contributed by atoms with Crippen molar-refractivity contribution in [3.05, 3.63) is 71.7 Å². The molecule has 2 aromatic carbocycles. The number of pyridine rings is 1. The van der Waals surface area contributed by atoms with Gasteiger partial charge in [0.15, 0.2) is 0 Å². The summed E-state index contributed by atoms with van der Waals surface area (Å²) in [6.07, 6.45) is 5.54. The maximum absolute atomic E-state index is 12.6. The Morgan fingerprint density at radius 2 is 2.00 bits per heavy atom. The Hall–Kier alpha value is -3.67.